The maximum Gasteiger partial charge on any atom is 0.209 e. The van der Waals surface area contributed by atoms with Crippen LogP contribution in [0.3, 0.4) is 0 Å². The number of nitrogens with zero attached hydrogens (tertiary/aromatic N) is 3. The molecule has 6 nitrogen and oxygen atoms in total. The summed E-state index contributed by atoms with van der Waals surface area (Å²) in [6.07, 6.45) is 5.51. The quantitative estimate of drug-likeness (QED) is 0.862. The van der Waals surface area contributed by atoms with Gasteiger partial charge in [0.15, 0.2) is 5.82 Å². The van der Waals surface area contributed by atoms with E-state index in [-0.39, 0.29) is 6.04 Å². The number of rotatable bonds is 3. The molecule has 96 valence electrons. The molecule has 0 spiro atoms. The van der Waals surface area contributed by atoms with Crippen molar-refractivity contribution in [1.82, 2.24) is 19.5 Å². The Bertz CT molecular complexity index is 494. The molecule has 7 heteroatoms. The van der Waals surface area contributed by atoms with Crippen molar-refractivity contribution in [3.63, 3.8) is 0 Å². The number of nitrogens with one attached hydrogen (secondary N) is 1. The van der Waals surface area contributed by atoms with Crippen LogP contribution in [0, 0.1) is 0 Å². The van der Waals surface area contributed by atoms with Gasteiger partial charge in [-0.15, -0.1) is 10.2 Å². The number of fused-ring (bicyclic) bond motifs is 1. The fourth-order valence-electron chi connectivity index (χ4n) is 2.20. The third kappa shape index (κ3) is 3.04. The van der Waals surface area contributed by atoms with E-state index >= 15 is 0 Å². The highest BCUT2D eigenvalue weighted by molar-refractivity contribution is 7.88. The average Bonchev–Trinajstić information content (AvgIpc) is 2.46. The Kier molecular flexibility index (Phi) is 3.48. The van der Waals surface area contributed by atoms with Crippen molar-refractivity contribution in [2.24, 2.45) is 0 Å². The molecule has 1 N–H and O–H groups in total. The van der Waals surface area contributed by atoms with Crippen LogP contribution in [0.4, 0.5) is 0 Å². The predicted octanol–water partition coefficient (Wildman–Crippen LogP) is 0.615. The molecule has 0 aliphatic carbocycles. The molecule has 0 bridgehead atoms. The van der Waals surface area contributed by atoms with E-state index in [1.54, 1.807) is 6.92 Å². The van der Waals surface area contributed by atoms with Gasteiger partial charge >= 0.3 is 0 Å². The molecule has 1 aromatic rings. The zero-order valence-electron chi connectivity index (χ0n) is 10.2. The molecule has 1 aromatic heterocycles. The summed E-state index contributed by atoms with van der Waals surface area (Å²) in [7, 11) is -3.22. The second-order valence-corrected chi connectivity index (χ2v) is 6.33. The molecule has 2 heterocycles. The molecule has 0 radical (unpaired) electrons. The fourth-order valence-corrected chi connectivity index (χ4v) is 2.95. The first-order valence-corrected chi connectivity index (χ1v) is 7.76. The van der Waals surface area contributed by atoms with E-state index in [0.29, 0.717) is 5.82 Å². The van der Waals surface area contributed by atoms with Gasteiger partial charge in [0.2, 0.25) is 10.0 Å². The topological polar surface area (TPSA) is 76.9 Å². The van der Waals surface area contributed by atoms with E-state index in [9.17, 15) is 8.42 Å². The highest BCUT2D eigenvalue weighted by Gasteiger charge is 2.21. The molecule has 0 amide bonds. The zero-order valence-corrected chi connectivity index (χ0v) is 11.0. The lowest BCUT2D eigenvalue weighted by Gasteiger charge is -2.13. The van der Waals surface area contributed by atoms with Crippen molar-refractivity contribution in [3.05, 3.63) is 11.6 Å². The smallest absolute Gasteiger partial charge is 0.209 e. The Morgan fingerprint density at radius 1 is 1.29 bits per heavy atom. The number of aromatic nitrogens is 3. The second-order valence-electron chi connectivity index (χ2n) is 4.55. The maximum absolute atomic E-state index is 11.2. The second kappa shape index (κ2) is 4.73. The Morgan fingerprint density at radius 3 is 2.76 bits per heavy atom. The summed E-state index contributed by atoms with van der Waals surface area (Å²) >= 11 is 0. The van der Waals surface area contributed by atoms with Crippen molar-refractivity contribution in [2.45, 2.75) is 45.2 Å². The molecule has 0 saturated heterocycles. The van der Waals surface area contributed by atoms with Gasteiger partial charge in [-0.05, 0) is 19.8 Å². The third-order valence-corrected chi connectivity index (χ3v) is 3.70. The van der Waals surface area contributed by atoms with Crippen LogP contribution in [-0.4, -0.2) is 29.4 Å². The molecule has 0 saturated carbocycles. The Balaban J connectivity index is 2.24. The van der Waals surface area contributed by atoms with Crippen LogP contribution in [0.15, 0.2) is 0 Å². The first kappa shape index (κ1) is 12.5. The minimum absolute atomic E-state index is 0.329. The molecule has 1 atom stereocenters. The maximum atomic E-state index is 11.2. The molecule has 2 rings (SSSR count). The van der Waals surface area contributed by atoms with Crippen molar-refractivity contribution in [3.8, 4) is 0 Å². The standard InChI is InChI=1S/C10H18N4O2S/c1-8(13-17(2,15)16)10-12-11-9-6-4-3-5-7-14(9)10/h8,13H,3-7H2,1-2H3/t8-/m1/s1. The van der Waals surface area contributed by atoms with Crippen LogP contribution >= 0.6 is 0 Å². The van der Waals surface area contributed by atoms with E-state index < -0.39 is 10.0 Å². The summed E-state index contributed by atoms with van der Waals surface area (Å²) in [5, 5.41) is 8.26. The van der Waals surface area contributed by atoms with Gasteiger partial charge in [0.25, 0.3) is 0 Å². The number of sulfonamides is 1. The Morgan fingerprint density at radius 2 is 2.06 bits per heavy atom. The van der Waals surface area contributed by atoms with E-state index in [0.717, 1.165) is 37.9 Å². The van der Waals surface area contributed by atoms with Gasteiger partial charge in [-0.2, -0.15) is 0 Å². The van der Waals surface area contributed by atoms with Crippen molar-refractivity contribution < 1.29 is 8.42 Å². The minimum atomic E-state index is -3.22. The lowest BCUT2D eigenvalue weighted by atomic mass is 10.2. The molecule has 0 aromatic carbocycles. The highest BCUT2D eigenvalue weighted by atomic mass is 32.2. The van der Waals surface area contributed by atoms with Gasteiger partial charge in [-0.25, -0.2) is 13.1 Å². The molecule has 0 unspecified atom stereocenters. The Hall–Kier alpha value is -0.950. The van der Waals surface area contributed by atoms with Crippen LogP contribution in [0.5, 0.6) is 0 Å². The van der Waals surface area contributed by atoms with Crippen LogP contribution in [0.2, 0.25) is 0 Å². The van der Waals surface area contributed by atoms with Gasteiger partial charge in [0, 0.05) is 13.0 Å². The van der Waals surface area contributed by atoms with Gasteiger partial charge in [-0.1, -0.05) is 6.42 Å². The summed E-state index contributed by atoms with van der Waals surface area (Å²) in [5.74, 6) is 1.69. The van der Waals surface area contributed by atoms with Crippen molar-refractivity contribution >= 4 is 10.0 Å². The van der Waals surface area contributed by atoms with Gasteiger partial charge < -0.3 is 4.57 Å². The van der Waals surface area contributed by atoms with Gasteiger partial charge in [-0.3, -0.25) is 0 Å². The molecular formula is C10H18N4O2S. The first-order valence-electron chi connectivity index (χ1n) is 5.86. The van der Waals surface area contributed by atoms with Crippen LogP contribution in [0.1, 0.15) is 43.9 Å². The lowest BCUT2D eigenvalue weighted by molar-refractivity contribution is 0.537. The first-order chi connectivity index (χ1) is 7.97. The number of aryl methyl sites for hydroxylation is 1. The zero-order chi connectivity index (χ0) is 12.5. The molecule has 17 heavy (non-hydrogen) atoms. The summed E-state index contributed by atoms with van der Waals surface area (Å²) in [5.41, 5.74) is 0. The summed E-state index contributed by atoms with van der Waals surface area (Å²) < 4.78 is 27.0. The number of hydrogen-bond donors (Lipinski definition) is 1. The van der Waals surface area contributed by atoms with Gasteiger partial charge in [0.1, 0.15) is 5.82 Å². The largest absolute Gasteiger partial charge is 0.314 e. The van der Waals surface area contributed by atoms with E-state index in [2.05, 4.69) is 19.5 Å². The third-order valence-electron chi connectivity index (χ3n) is 2.92. The predicted molar refractivity (Wildman–Crippen MR) is 64.0 cm³/mol. The SMILES string of the molecule is C[C@@H](NS(C)(=O)=O)c1nnc2n1CCCCC2. The monoisotopic (exact) mass is 258 g/mol. The van der Waals surface area contributed by atoms with E-state index in [1.807, 2.05) is 0 Å². The van der Waals surface area contributed by atoms with E-state index in [4.69, 9.17) is 0 Å². The van der Waals surface area contributed by atoms with Crippen LogP contribution < -0.4 is 4.72 Å². The molecule has 1 aliphatic rings. The summed E-state index contributed by atoms with van der Waals surface area (Å²) in [6, 6.07) is -0.329. The van der Waals surface area contributed by atoms with Crippen molar-refractivity contribution in [2.75, 3.05) is 6.26 Å². The number of hydrogen-bond acceptors (Lipinski definition) is 4. The lowest BCUT2D eigenvalue weighted by Crippen LogP contribution is -2.27. The average molecular weight is 258 g/mol. The molecule has 0 fully saturated rings. The van der Waals surface area contributed by atoms with Gasteiger partial charge in [0.05, 0.1) is 12.3 Å². The van der Waals surface area contributed by atoms with Crippen molar-refractivity contribution in [1.29, 1.82) is 0 Å². The van der Waals surface area contributed by atoms with E-state index in [1.165, 1.54) is 6.42 Å². The Labute approximate surface area is 101 Å². The minimum Gasteiger partial charge on any atom is -0.314 e. The summed E-state index contributed by atoms with van der Waals surface area (Å²) in [4.78, 5) is 0. The molecule has 1 aliphatic heterocycles. The normalized spacial score (nSPS) is 18.5. The van der Waals surface area contributed by atoms with Crippen LogP contribution in [-0.2, 0) is 23.0 Å². The fraction of sp³-hybridized carbons (Fsp3) is 0.800. The molecular weight excluding hydrogens is 240 g/mol. The van der Waals surface area contributed by atoms with Crippen LogP contribution in [0.25, 0.3) is 0 Å². The summed E-state index contributed by atoms with van der Waals surface area (Å²) in [6.45, 7) is 2.68. The highest BCUT2D eigenvalue weighted by Crippen LogP contribution is 2.18.